The number of ether oxygens (including phenoxy) is 1. The Morgan fingerprint density at radius 2 is 0.476 bits per heavy atom. The van der Waals surface area contributed by atoms with Crippen molar-refractivity contribution in [2.75, 3.05) is 19.6 Å². The molecule has 2 N–H and O–H groups in total. The Balaban J connectivity index is 0.00000199. The van der Waals surface area contributed by atoms with Crippen molar-refractivity contribution in [3.63, 3.8) is 0 Å². The van der Waals surface area contributed by atoms with Crippen molar-refractivity contribution in [1.29, 1.82) is 0 Å². The van der Waals surface area contributed by atoms with E-state index in [9.17, 15) is 24.0 Å². The highest BCUT2D eigenvalue weighted by Crippen LogP contribution is 2.14. The highest BCUT2D eigenvalue weighted by molar-refractivity contribution is 6.13. The molecular formula is C115H35N3O6. The topological polar surface area (TPSA) is 122 Å². The van der Waals surface area contributed by atoms with Crippen molar-refractivity contribution < 1.29 is 28.7 Å². The molecule has 0 bridgehead atoms. The number of nitrogens with zero attached hydrogens (tertiary/aromatic N) is 1. The molecule has 9 heteroatoms. The SMILES string of the molecule is CC#CC#CC#CC#CC#CC#CC#CC#CC#CC#CC#CC#CC#CC#CC#CC#CC#CC#CC#CC#CC#CC#CC#CC#CC#CC#CC#CC#CC#CC#CC#CC#CC#CC#CC#CC#CC#CC#CC#CC#CC#CC#CC#CC#CC#CC.CC(C)(C)OC(=O)NCC(=O)C[C@@H](Cc1ccccc1)C(=O)NCCN1C(=O)C=CC1=O. The van der Waals surface area contributed by atoms with Gasteiger partial charge in [-0.05, 0) is 141 Å². The molecule has 4 amide bonds. The van der Waals surface area contributed by atoms with Gasteiger partial charge in [0.15, 0.2) is 5.78 Å². The van der Waals surface area contributed by atoms with Gasteiger partial charge in [-0.25, -0.2) is 4.79 Å². The van der Waals surface area contributed by atoms with E-state index in [2.05, 4.69) is 543 Å². The molecule has 1 aliphatic rings. The van der Waals surface area contributed by atoms with E-state index >= 15 is 0 Å². The molecule has 1 aliphatic heterocycles. The molecule has 0 saturated carbocycles. The number of carbonyl (C=O) groups excluding carboxylic acids is 5. The van der Waals surface area contributed by atoms with E-state index in [1.807, 2.05) is 30.3 Å². The minimum atomic E-state index is -0.705. The van der Waals surface area contributed by atoms with Crippen LogP contribution in [0.1, 0.15) is 46.6 Å². The molecule has 0 aliphatic carbocycles. The summed E-state index contributed by atoms with van der Waals surface area (Å²) in [7, 11) is 0. The smallest absolute Gasteiger partial charge is 0.408 e. The largest absolute Gasteiger partial charge is 0.444 e. The molecule has 546 valence electrons. The van der Waals surface area contributed by atoms with Gasteiger partial charge in [-0.3, -0.25) is 24.1 Å². The van der Waals surface area contributed by atoms with Crippen molar-refractivity contribution in [1.82, 2.24) is 15.5 Å². The van der Waals surface area contributed by atoms with Gasteiger partial charge in [0, 0.05) is 464 Å². The minimum absolute atomic E-state index is 0.0443. The van der Waals surface area contributed by atoms with Gasteiger partial charge in [-0.1, -0.05) is 42.2 Å². The van der Waals surface area contributed by atoms with Crippen molar-refractivity contribution >= 4 is 29.6 Å². The lowest BCUT2D eigenvalue weighted by Gasteiger charge is -2.20. The molecule has 1 aromatic carbocycles. The predicted octanol–water partition coefficient (Wildman–Crippen LogP) is 2.55. The molecule has 0 aromatic heterocycles. The summed E-state index contributed by atoms with van der Waals surface area (Å²) in [5.41, 5.74) is 0.200. The van der Waals surface area contributed by atoms with Gasteiger partial charge < -0.3 is 15.4 Å². The summed E-state index contributed by atoms with van der Waals surface area (Å²) in [5, 5.41) is 5.10. The molecule has 1 heterocycles. The van der Waals surface area contributed by atoms with Gasteiger partial charge >= 0.3 is 6.09 Å². The summed E-state index contributed by atoms with van der Waals surface area (Å²) in [6, 6.07) is 9.25. The number of nitrogens with one attached hydrogen (secondary N) is 2. The number of alkyl carbamates (subject to hydrolysis) is 1. The summed E-state index contributed by atoms with van der Waals surface area (Å²) in [6.45, 7) is 8.38. The van der Waals surface area contributed by atoms with Gasteiger partial charge in [0.05, 0.1) is 6.54 Å². The molecule has 124 heavy (non-hydrogen) atoms. The molecule has 0 spiro atoms. The van der Waals surface area contributed by atoms with Crippen LogP contribution in [-0.4, -0.2) is 59.7 Å². The lowest BCUT2D eigenvalue weighted by molar-refractivity contribution is -0.137. The maximum atomic E-state index is 12.8. The van der Waals surface area contributed by atoms with Crippen LogP contribution in [0.5, 0.6) is 0 Å². The number of amides is 4. The van der Waals surface area contributed by atoms with Crippen LogP contribution in [0.2, 0.25) is 0 Å². The van der Waals surface area contributed by atoms with Gasteiger partial charge in [0.2, 0.25) is 5.91 Å². The van der Waals surface area contributed by atoms with Crippen LogP contribution in [0.4, 0.5) is 4.79 Å². The molecule has 1 aromatic rings. The van der Waals surface area contributed by atoms with Gasteiger partial charge in [-0.2, -0.15) is 0 Å². The van der Waals surface area contributed by atoms with E-state index in [0.29, 0.717) is 6.42 Å². The fraction of sp³-hybridized carbons (Fsp3) is 0.104. The fourth-order valence-corrected chi connectivity index (χ4v) is 5.89. The molecule has 9 nitrogen and oxygen atoms in total. The number of hydrogen-bond donors (Lipinski definition) is 2. The first-order valence-corrected chi connectivity index (χ1v) is 33.6. The van der Waals surface area contributed by atoms with Crippen molar-refractivity contribution in [3.8, 4) is 533 Å². The number of carbonyl (C=O) groups is 5. The van der Waals surface area contributed by atoms with Gasteiger partial charge in [0.1, 0.15) is 5.60 Å². The fourth-order valence-electron chi connectivity index (χ4n) is 5.89. The molecule has 0 fully saturated rings. The minimum Gasteiger partial charge on any atom is -0.444 e. The zero-order valence-electron chi connectivity index (χ0n) is 65.6. The van der Waals surface area contributed by atoms with Crippen molar-refractivity contribution in [2.24, 2.45) is 5.92 Å². The molecule has 1 atom stereocenters. The normalized spacial score (nSPS) is 6.64. The van der Waals surface area contributed by atoms with E-state index < -0.39 is 29.4 Å². The Hall–Kier alpha value is -23.3. The van der Waals surface area contributed by atoms with E-state index in [1.165, 1.54) is 12.2 Å². The molecule has 0 unspecified atom stereocenters. The summed E-state index contributed by atoms with van der Waals surface area (Å²) in [5.74, 6) is 223. The Labute approximate surface area is 728 Å². The first-order valence-electron chi connectivity index (χ1n) is 33.6. The third-order valence-corrected chi connectivity index (χ3v) is 10.2. The lowest BCUT2D eigenvalue weighted by Crippen LogP contribution is -2.41. The lowest BCUT2D eigenvalue weighted by atomic mass is 9.93. The maximum absolute atomic E-state index is 12.8. The molecular weight excluding hydrogens is 1520 g/mol. The maximum Gasteiger partial charge on any atom is 0.408 e. The second-order valence-corrected chi connectivity index (χ2v) is 19.9. The third kappa shape index (κ3) is 71.6. The van der Waals surface area contributed by atoms with Crippen molar-refractivity contribution in [3.05, 3.63) is 48.0 Å². The van der Waals surface area contributed by atoms with Crippen LogP contribution in [0.15, 0.2) is 42.5 Å². The molecule has 2 rings (SSSR count). The second-order valence-electron chi connectivity index (χ2n) is 19.9. The van der Waals surface area contributed by atoms with Crippen LogP contribution >= 0.6 is 0 Å². The average Bonchev–Trinajstić information content (AvgIpc) is 1.78. The highest BCUT2D eigenvalue weighted by atomic mass is 16.6. The van der Waals surface area contributed by atoms with Crippen molar-refractivity contribution in [2.45, 2.75) is 53.1 Å². The van der Waals surface area contributed by atoms with Gasteiger partial charge in [-0.15, -0.1) is 0 Å². The van der Waals surface area contributed by atoms with E-state index in [1.54, 1.807) is 34.6 Å². The Morgan fingerprint density at radius 3 is 0.653 bits per heavy atom. The summed E-state index contributed by atoms with van der Waals surface area (Å²) < 4.78 is 5.11. The number of ketones is 1. The van der Waals surface area contributed by atoms with Crippen LogP contribution in [0.3, 0.4) is 0 Å². The molecule has 0 radical (unpaired) electrons. The van der Waals surface area contributed by atoms with Crippen LogP contribution in [0.25, 0.3) is 0 Å². The zero-order valence-corrected chi connectivity index (χ0v) is 65.6. The standard InChI is InChI=1S/C92H6.C23H29N3O6/c1-3-5-7-9-11-13-15-17-19-21-23-25-27-29-31-33-35-37-39-41-43-45-47-49-51-53-55-57-59-61-63-65-67-69-71-73-75-77-79-81-83-85-87-89-91-92-90-88-86-84-82-80-78-76-74-72-70-68-66-64-62-60-58-56-54-52-50-48-46-44-42-40-38-36-34-32-30-28-26-24-22-20-18-16-14-12-10-8-6-4-2;1-23(2,3)32-22(31)25-15-18(27)14-17(13-16-7-5-4-6-8-16)21(30)24-11-12-26-19(28)9-10-20(26)29/h1-2H3;4-10,17H,11-15H2,1-3H3,(H,24,30)(H,25,31)/t;17-/m.1/s1. The van der Waals surface area contributed by atoms with Crippen LogP contribution in [-0.2, 0) is 30.3 Å². The predicted molar refractivity (Wildman–Crippen MR) is 478 cm³/mol. The highest BCUT2D eigenvalue weighted by Gasteiger charge is 2.26. The van der Waals surface area contributed by atoms with Crippen LogP contribution in [0, 0.1) is 539 Å². The Bertz CT molecular complexity index is 7460. The zero-order chi connectivity index (χ0) is 89.4. The Morgan fingerprint density at radius 1 is 0.290 bits per heavy atom. The number of hydrogen-bond acceptors (Lipinski definition) is 6. The van der Waals surface area contributed by atoms with E-state index in [4.69, 9.17) is 4.74 Å². The number of imide groups is 1. The quantitative estimate of drug-likeness (QED) is 0.275. The number of Topliss-reactive ketones (excluding diaryl/α,β-unsaturated/α-hetero) is 1. The van der Waals surface area contributed by atoms with Crippen LogP contribution < -0.4 is 10.6 Å². The first kappa shape index (κ1) is 98.7. The number of benzene rings is 1. The Kier molecular flexibility index (Phi) is 62.0. The summed E-state index contributed by atoms with van der Waals surface area (Å²) >= 11 is 0. The second kappa shape index (κ2) is 77.9. The van der Waals surface area contributed by atoms with Gasteiger partial charge in [0.25, 0.3) is 11.8 Å². The first-order chi connectivity index (χ1) is 61.0. The summed E-state index contributed by atoms with van der Waals surface area (Å²) in [4.78, 5) is 61.2. The monoisotopic (exact) mass is 1550 g/mol. The number of rotatable bonds is 10. The summed E-state index contributed by atoms with van der Waals surface area (Å²) in [6.07, 6.45) is 1.90. The van der Waals surface area contributed by atoms with E-state index in [0.717, 1.165) is 10.5 Å². The van der Waals surface area contributed by atoms with E-state index in [-0.39, 0.29) is 37.7 Å². The third-order valence-electron chi connectivity index (χ3n) is 10.2. The molecule has 0 saturated heterocycles. The average molecular weight is 1550 g/mol.